The van der Waals surface area contributed by atoms with Crippen LogP contribution in [0, 0.1) is 24.4 Å². The van der Waals surface area contributed by atoms with Crippen molar-refractivity contribution in [1.82, 2.24) is 0 Å². The van der Waals surface area contributed by atoms with E-state index in [-0.39, 0.29) is 18.0 Å². The van der Waals surface area contributed by atoms with E-state index in [4.69, 9.17) is 0 Å². The quantitative estimate of drug-likeness (QED) is 0.906. The Morgan fingerprint density at radius 1 is 1.05 bits per heavy atom. The van der Waals surface area contributed by atoms with Crippen LogP contribution in [0.3, 0.4) is 0 Å². The zero-order valence-electron chi connectivity index (χ0n) is 11.2. The highest BCUT2D eigenvalue weighted by Crippen LogP contribution is 2.15. The monoisotopic (exact) mass is 294 g/mol. The molecule has 0 fully saturated rings. The van der Waals surface area contributed by atoms with Crippen molar-refractivity contribution < 1.29 is 18.0 Å². The number of carbonyl (C=O) groups excluding carboxylic acids is 1. The summed E-state index contributed by atoms with van der Waals surface area (Å²) in [6.07, 6.45) is 0. The summed E-state index contributed by atoms with van der Waals surface area (Å²) in [7, 11) is 0. The number of amides is 1. The maximum atomic E-state index is 13.3. The van der Waals surface area contributed by atoms with Gasteiger partial charge >= 0.3 is 0 Å². The van der Waals surface area contributed by atoms with E-state index in [1.54, 1.807) is 19.1 Å². The van der Waals surface area contributed by atoms with E-state index >= 15 is 0 Å². The molecule has 2 rings (SSSR count). The Kier molecular flexibility index (Phi) is 4.47. The highest BCUT2D eigenvalue weighted by molar-refractivity contribution is 5.93. The van der Waals surface area contributed by atoms with Gasteiger partial charge in [-0.05, 0) is 36.8 Å². The zero-order valence-corrected chi connectivity index (χ0v) is 11.2. The number of rotatable bonds is 4. The minimum absolute atomic E-state index is 0.113. The first-order valence-electron chi connectivity index (χ1n) is 6.20. The zero-order chi connectivity index (χ0) is 15.4. The van der Waals surface area contributed by atoms with E-state index < -0.39 is 17.5 Å². The number of hydrogen-bond donors (Lipinski definition) is 2. The van der Waals surface area contributed by atoms with Gasteiger partial charge in [0.15, 0.2) is 0 Å². The molecule has 110 valence electrons. The minimum atomic E-state index is -0.857. The Hall–Kier alpha value is -2.50. The van der Waals surface area contributed by atoms with Gasteiger partial charge in [-0.1, -0.05) is 6.07 Å². The van der Waals surface area contributed by atoms with Crippen LogP contribution >= 0.6 is 0 Å². The molecule has 0 saturated heterocycles. The number of anilines is 2. The van der Waals surface area contributed by atoms with Crippen LogP contribution in [0.2, 0.25) is 0 Å². The predicted octanol–water partition coefficient (Wildman–Crippen LogP) is 3.46. The molecule has 0 aliphatic rings. The van der Waals surface area contributed by atoms with Crippen molar-refractivity contribution >= 4 is 17.3 Å². The Morgan fingerprint density at radius 3 is 2.48 bits per heavy atom. The molecular formula is C15H13F3N2O. The molecular weight excluding hydrogens is 281 g/mol. The maximum absolute atomic E-state index is 13.3. The lowest BCUT2D eigenvalue weighted by molar-refractivity contribution is -0.114. The lowest BCUT2D eigenvalue weighted by Crippen LogP contribution is -2.22. The fourth-order valence-electron chi connectivity index (χ4n) is 1.67. The molecule has 0 bridgehead atoms. The molecule has 0 unspecified atom stereocenters. The van der Waals surface area contributed by atoms with Crippen molar-refractivity contribution in [3.8, 4) is 0 Å². The summed E-state index contributed by atoms with van der Waals surface area (Å²) in [6, 6.07) is 7.33. The number of halogens is 3. The average molecular weight is 294 g/mol. The highest BCUT2D eigenvalue weighted by Gasteiger charge is 2.08. The largest absolute Gasteiger partial charge is 0.376 e. The standard InChI is InChI=1S/C15H13F3N2O/c1-9-2-4-11(7-12(9)17)19-8-15(21)20-14-5-3-10(16)6-13(14)18/h2-7,19H,8H2,1H3,(H,20,21). The van der Waals surface area contributed by atoms with Gasteiger partial charge in [-0.15, -0.1) is 0 Å². The molecule has 3 nitrogen and oxygen atoms in total. The molecule has 0 aliphatic heterocycles. The van der Waals surface area contributed by atoms with Gasteiger partial charge in [0.05, 0.1) is 12.2 Å². The molecule has 2 aromatic carbocycles. The molecule has 21 heavy (non-hydrogen) atoms. The topological polar surface area (TPSA) is 41.1 Å². The van der Waals surface area contributed by atoms with E-state index in [1.807, 2.05) is 0 Å². The van der Waals surface area contributed by atoms with Gasteiger partial charge in [0, 0.05) is 11.8 Å². The molecule has 0 radical (unpaired) electrons. The first kappa shape index (κ1) is 14.9. The van der Waals surface area contributed by atoms with Gasteiger partial charge in [0.25, 0.3) is 0 Å². The summed E-state index contributed by atoms with van der Waals surface area (Å²) >= 11 is 0. The van der Waals surface area contributed by atoms with Crippen LogP contribution in [0.25, 0.3) is 0 Å². The number of benzene rings is 2. The van der Waals surface area contributed by atoms with E-state index in [9.17, 15) is 18.0 Å². The van der Waals surface area contributed by atoms with Crippen LogP contribution in [0.5, 0.6) is 0 Å². The summed E-state index contributed by atoms with van der Waals surface area (Å²) < 4.78 is 39.4. The molecule has 0 atom stereocenters. The summed E-state index contributed by atoms with van der Waals surface area (Å²) in [5, 5.41) is 5.01. The van der Waals surface area contributed by atoms with Crippen molar-refractivity contribution in [2.45, 2.75) is 6.92 Å². The average Bonchev–Trinajstić information content (AvgIpc) is 2.43. The molecule has 2 N–H and O–H groups in total. The van der Waals surface area contributed by atoms with E-state index in [1.165, 1.54) is 6.07 Å². The normalized spacial score (nSPS) is 10.3. The molecule has 0 aromatic heterocycles. The fourth-order valence-corrected chi connectivity index (χ4v) is 1.67. The summed E-state index contributed by atoms with van der Waals surface area (Å²) in [4.78, 5) is 11.6. The van der Waals surface area contributed by atoms with Crippen LogP contribution < -0.4 is 10.6 Å². The third kappa shape index (κ3) is 3.98. The van der Waals surface area contributed by atoms with Crippen LogP contribution in [-0.4, -0.2) is 12.5 Å². The van der Waals surface area contributed by atoms with Gasteiger partial charge in [-0.2, -0.15) is 0 Å². The number of aryl methyl sites for hydroxylation is 1. The smallest absolute Gasteiger partial charge is 0.243 e. The van der Waals surface area contributed by atoms with Crippen molar-refractivity contribution in [1.29, 1.82) is 0 Å². The fraction of sp³-hybridized carbons (Fsp3) is 0.133. The molecule has 0 spiro atoms. The Labute approximate surface area is 119 Å². The second kappa shape index (κ2) is 6.30. The molecule has 0 aliphatic carbocycles. The number of hydrogen-bond acceptors (Lipinski definition) is 2. The van der Waals surface area contributed by atoms with Crippen LogP contribution in [0.15, 0.2) is 36.4 Å². The summed E-state index contributed by atoms with van der Waals surface area (Å²) in [5.41, 5.74) is 0.824. The molecule has 1 amide bonds. The Balaban J connectivity index is 1.94. The Bertz CT molecular complexity index is 674. The number of carbonyl (C=O) groups is 1. The van der Waals surface area contributed by atoms with E-state index in [2.05, 4.69) is 10.6 Å². The summed E-state index contributed by atoms with van der Waals surface area (Å²) in [5.74, 6) is -2.49. The van der Waals surface area contributed by atoms with Gasteiger partial charge < -0.3 is 10.6 Å². The second-order valence-electron chi connectivity index (χ2n) is 4.49. The first-order chi connectivity index (χ1) is 9.95. The van der Waals surface area contributed by atoms with E-state index in [0.717, 1.165) is 12.1 Å². The molecule has 6 heteroatoms. The van der Waals surface area contributed by atoms with E-state index in [0.29, 0.717) is 17.3 Å². The van der Waals surface area contributed by atoms with Crippen molar-refractivity contribution in [2.75, 3.05) is 17.2 Å². The second-order valence-corrected chi connectivity index (χ2v) is 4.49. The van der Waals surface area contributed by atoms with Crippen molar-refractivity contribution in [3.63, 3.8) is 0 Å². The minimum Gasteiger partial charge on any atom is -0.376 e. The predicted molar refractivity (Wildman–Crippen MR) is 74.6 cm³/mol. The highest BCUT2D eigenvalue weighted by atomic mass is 19.1. The third-order valence-electron chi connectivity index (χ3n) is 2.83. The van der Waals surface area contributed by atoms with Crippen molar-refractivity contribution in [2.24, 2.45) is 0 Å². The molecule has 2 aromatic rings. The lowest BCUT2D eigenvalue weighted by Gasteiger charge is -2.09. The van der Waals surface area contributed by atoms with Gasteiger partial charge in [0.1, 0.15) is 17.5 Å². The molecule has 0 saturated carbocycles. The summed E-state index contributed by atoms with van der Waals surface area (Å²) in [6.45, 7) is 1.46. The van der Waals surface area contributed by atoms with Crippen LogP contribution in [0.4, 0.5) is 24.5 Å². The lowest BCUT2D eigenvalue weighted by atomic mass is 10.2. The van der Waals surface area contributed by atoms with Crippen molar-refractivity contribution in [3.05, 3.63) is 59.4 Å². The SMILES string of the molecule is Cc1ccc(NCC(=O)Nc2ccc(F)cc2F)cc1F. The first-order valence-corrected chi connectivity index (χ1v) is 6.20. The molecule has 0 heterocycles. The maximum Gasteiger partial charge on any atom is 0.243 e. The van der Waals surface area contributed by atoms with Crippen LogP contribution in [0.1, 0.15) is 5.56 Å². The van der Waals surface area contributed by atoms with Gasteiger partial charge in [0.2, 0.25) is 5.91 Å². The number of nitrogens with one attached hydrogen (secondary N) is 2. The van der Waals surface area contributed by atoms with Gasteiger partial charge in [-0.25, -0.2) is 13.2 Å². The van der Waals surface area contributed by atoms with Gasteiger partial charge in [-0.3, -0.25) is 4.79 Å². The third-order valence-corrected chi connectivity index (χ3v) is 2.83. The Morgan fingerprint density at radius 2 is 1.81 bits per heavy atom. The van der Waals surface area contributed by atoms with Crippen LogP contribution in [-0.2, 0) is 4.79 Å².